The van der Waals surface area contributed by atoms with Crippen LogP contribution >= 0.6 is 11.8 Å². The molecule has 2 rings (SSSR count). The topological polar surface area (TPSA) is 89.3 Å². The average Bonchev–Trinajstić information content (AvgIpc) is 2.53. The van der Waals surface area contributed by atoms with Gasteiger partial charge in [-0.15, -0.1) is 11.8 Å². The molecule has 0 saturated carbocycles. The second-order valence-corrected chi connectivity index (χ2v) is 7.75. The number of nitrogens with two attached hydrogens (primary N) is 1. The van der Waals surface area contributed by atoms with E-state index in [-0.39, 0.29) is 16.6 Å². The van der Waals surface area contributed by atoms with E-state index >= 15 is 0 Å². The smallest absolute Gasteiger partial charge is 0.238 e. The van der Waals surface area contributed by atoms with Crippen LogP contribution < -0.4 is 10.5 Å². The molecule has 0 saturated heterocycles. The first-order valence-electron chi connectivity index (χ1n) is 7.16. The van der Waals surface area contributed by atoms with E-state index in [1.807, 2.05) is 0 Å². The highest BCUT2D eigenvalue weighted by atomic mass is 32.2. The Kier molecular flexibility index (Phi) is 6.36. The number of halogens is 1. The van der Waals surface area contributed by atoms with Gasteiger partial charge in [0.05, 0.1) is 4.90 Å². The Bertz CT molecular complexity index is 791. The van der Waals surface area contributed by atoms with Gasteiger partial charge in [0.15, 0.2) is 0 Å². The largest absolute Gasteiger partial charge is 0.326 e. The van der Waals surface area contributed by atoms with E-state index in [0.717, 1.165) is 10.6 Å². The summed E-state index contributed by atoms with van der Waals surface area (Å²) in [6.45, 7) is 0. The second-order valence-electron chi connectivity index (χ2n) is 5.02. The van der Waals surface area contributed by atoms with Crippen molar-refractivity contribution in [3.8, 4) is 0 Å². The minimum atomic E-state index is -3.73. The maximum atomic E-state index is 12.8. The molecular weight excluding hydrogens is 351 g/mol. The van der Waals surface area contributed by atoms with E-state index in [4.69, 9.17) is 5.14 Å². The van der Waals surface area contributed by atoms with Gasteiger partial charge in [-0.1, -0.05) is 0 Å². The van der Waals surface area contributed by atoms with E-state index in [1.165, 1.54) is 36.4 Å². The number of carbonyl (C=O) groups is 1. The summed E-state index contributed by atoms with van der Waals surface area (Å²) >= 11 is 1.55. The summed E-state index contributed by atoms with van der Waals surface area (Å²) < 4.78 is 35.1. The van der Waals surface area contributed by atoms with Crippen LogP contribution in [0.25, 0.3) is 0 Å². The van der Waals surface area contributed by atoms with Gasteiger partial charge in [0.25, 0.3) is 0 Å². The van der Waals surface area contributed by atoms with Crippen LogP contribution in [0.3, 0.4) is 0 Å². The van der Waals surface area contributed by atoms with Crippen LogP contribution in [0, 0.1) is 5.82 Å². The lowest BCUT2D eigenvalue weighted by Gasteiger charge is -2.06. The van der Waals surface area contributed by atoms with Crippen molar-refractivity contribution < 1.29 is 17.6 Å². The zero-order valence-electron chi connectivity index (χ0n) is 12.7. The summed E-state index contributed by atoms with van der Waals surface area (Å²) in [4.78, 5) is 12.8. The van der Waals surface area contributed by atoms with E-state index < -0.39 is 10.0 Å². The number of sulfonamides is 1. The molecule has 0 aliphatic rings. The molecule has 3 N–H and O–H groups in total. The fourth-order valence-electron chi connectivity index (χ4n) is 1.91. The zero-order chi connectivity index (χ0) is 17.6. The number of nitrogens with one attached hydrogen (secondary N) is 1. The molecule has 0 atom stereocenters. The highest BCUT2D eigenvalue weighted by Crippen LogP contribution is 2.19. The van der Waals surface area contributed by atoms with Crippen LogP contribution in [0.4, 0.5) is 10.1 Å². The molecule has 2 aromatic rings. The Labute approximate surface area is 144 Å². The minimum absolute atomic E-state index is 0.00352. The summed E-state index contributed by atoms with van der Waals surface area (Å²) in [5.41, 5.74) is 0.513. The number of hydrogen-bond donors (Lipinski definition) is 2. The zero-order valence-corrected chi connectivity index (χ0v) is 14.4. The minimum Gasteiger partial charge on any atom is -0.326 e. The molecule has 0 aromatic heterocycles. The summed E-state index contributed by atoms with van der Waals surface area (Å²) in [6, 6.07) is 11.9. The first-order chi connectivity index (χ1) is 11.3. The van der Waals surface area contributed by atoms with Crippen molar-refractivity contribution in [2.75, 3.05) is 11.1 Å². The second kappa shape index (κ2) is 8.27. The quantitative estimate of drug-likeness (QED) is 0.581. The Morgan fingerprint density at radius 2 is 1.71 bits per heavy atom. The highest BCUT2D eigenvalue weighted by molar-refractivity contribution is 7.99. The Morgan fingerprint density at radius 1 is 1.08 bits per heavy atom. The normalized spacial score (nSPS) is 11.2. The summed E-state index contributed by atoms with van der Waals surface area (Å²) in [6.07, 6.45) is 1.01. The van der Waals surface area contributed by atoms with Crippen LogP contribution in [-0.4, -0.2) is 20.1 Å². The fourth-order valence-corrected chi connectivity index (χ4v) is 3.27. The van der Waals surface area contributed by atoms with Crippen molar-refractivity contribution in [1.82, 2.24) is 0 Å². The van der Waals surface area contributed by atoms with Gasteiger partial charge in [0.2, 0.25) is 15.9 Å². The van der Waals surface area contributed by atoms with E-state index in [9.17, 15) is 17.6 Å². The number of rotatable bonds is 7. The van der Waals surface area contributed by atoms with Gasteiger partial charge in [-0.2, -0.15) is 0 Å². The van der Waals surface area contributed by atoms with Crippen LogP contribution in [0.1, 0.15) is 12.8 Å². The van der Waals surface area contributed by atoms with Crippen molar-refractivity contribution in [3.63, 3.8) is 0 Å². The molecule has 24 heavy (non-hydrogen) atoms. The molecule has 0 unspecified atom stereocenters. The first kappa shape index (κ1) is 18.4. The van der Waals surface area contributed by atoms with Crippen molar-refractivity contribution in [2.45, 2.75) is 22.6 Å². The van der Waals surface area contributed by atoms with Crippen LogP contribution in [0.15, 0.2) is 58.3 Å². The average molecular weight is 368 g/mol. The third-order valence-electron chi connectivity index (χ3n) is 3.10. The van der Waals surface area contributed by atoms with Gasteiger partial charge in [-0.3, -0.25) is 4.79 Å². The molecule has 0 heterocycles. The summed E-state index contributed by atoms with van der Waals surface area (Å²) in [5.74, 6) is 0.314. The third kappa shape index (κ3) is 5.95. The molecule has 2 aromatic carbocycles. The standard InChI is InChI=1S/C16H17FN2O3S2/c17-12-3-7-14(8-4-12)23-11-1-2-16(20)19-13-5-9-15(10-6-13)24(18,21)22/h3-10H,1-2,11H2,(H,19,20)(H2,18,21,22). The number of hydrogen-bond acceptors (Lipinski definition) is 4. The van der Waals surface area contributed by atoms with Crippen molar-refractivity contribution >= 4 is 33.4 Å². The fraction of sp³-hybridized carbons (Fsp3) is 0.188. The molecule has 0 fully saturated rings. The van der Waals surface area contributed by atoms with Crippen LogP contribution in [0.5, 0.6) is 0 Å². The Balaban J connectivity index is 1.74. The van der Waals surface area contributed by atoms with Gasteiger partial charge < -0.3 is 5.32 Å². The predicted octanol–water partition coefficient (Wildman–Crippen LogP) is 2.98. The molecule has 0 radical (unpaired) electrons. The predicted molar refractivity (Wildman–Crippen MR) is 92.8 cm³/mol. The molecule has 0 aliphatic carbocycles. The monoisotopic (exact) mass is 368 g/mol. The van der Waals surface area contributed by atoms with Gasteiger partial charge in [0, 0.05) is 17.0 Å². The number of amides is 1. The Hall–Kier alpha value is -1.90. The van der Waals surface area contributed by atoms with Gasteiger partial charge in [-0.25, -0.2) is 17.9 Å². The van der Waals surface area contributed by atoms with Crippen molar-refractivity contribution in [1.29, 1.82) is 0 Å². The lowest BCUT2D eigenvalue weighted by atomic mass is 10.3. The van der Waals surface area contributed by atoms with Crippen LogP contribution in [0.2, 0.25) is 0 Å². The number of benzene rings is 2. The number of thioether (sulfide) groups is 1. The molecule has 5 nitrogen and oxygen atoms in total. The van der Waals surface area contributed by atoms with Gasteiger partial charge in [-0.05, 0) is 60.7 Å². The van der Waals surface area contributed by atoms with Crippen molar-refractivity contribution in [3.05, 3.63) is 54.3 Å². The molecule has 0 aliphatic heterocycles. The summed E-state index contributed by atoms with van der Waals surface area (Å²) in [5, 5.41) is 7.70. The van der Waals surface area contributed by atoms with Gasteiger partial charge >= 0.3 is 0 Å². The summed E-state index contributed by atoms with van der Waals surface area (Å²) in [7, 11) is -3.73. The first-order valence-corrected chi connectivity index (χ1v) is 9.69. The number of anilines is 1. The molecule has 8 heteroatoms. The van der Waals surface area contributed by atoms with Gasteiger partial charge in [0.1, 0.15) is 5.82 Å². The van der Waals surface area contributed by atoms with Crippen molar-refractivity contribution in [2.24, 2.45) is 5.14 Å². The Morgan fingerprint density at radius 3 is 2.29 bits per heavy atom. The van der Waals surface area contributed by atoms with E-state index in [1.54, 1.807) is 23.9 Å². The third-order valence-corrected chi connectivity index (χ3v) is 5.12. The molecular formula is C16H17FN2O3S2. The van der Waals surface area contributed by atoms with E-state index in [2.05, 4.69) is 5.32 Å². The molecule has 1 amide bonds. The number of primary sulfonamides is 1. The van der Waals surface area contributed by atoms with E-state index in [0.29, 0.717) is 18.5 Å². The SMILES string of the molecule is NS(=O)(=O)c1ccc(NC(=O)CCCSc2ccc(F)cc2)cc1. The van der Waals surface area contributed by atoms with Crippen LogP contribution in [-0.2, 0) is 14.8 Å². The number of carbonyl (C=O) groups excluding carboxylic acids is 1. The lowest BCUT2D eigenvalue weighted by molar-refractivity contribution is -0.116. The lowest BCUT2D eigenvalue weighted by Crippen LogP contribution is -2.13. The molecule has 0 spiro atoms. The highest BCUT2D eigenvalue weighted by Gasteiger charge is 2.08. The molecule has 128 valence electrons. The maximum absolute atomic E-state index is 12.8. The maximum Gasteiger partial charge on any atom is 0.238 e. The molecule has 0 bridgehead atoms.